The molecular formula is C13H27Cl2N3O. The Kier molecular flexibility index (Phi) is 8.29. The maximum atomic E-state index is 12.0. The maximum absolute atomic E-state index is 12.0. The number of amides is 1. The second-order valence-corrected chi connectivity index (χ2v) is 5.77. The average molecular weight is 312 g/mol. The van der Waals surface area contributed by atoms with Crippen molar-refractivity contribution in [1.82, 2.24) is 10.2 Å². The van der Waals surface area contributed by atoms with Gasteiger partial charge in [-0.1, -0.05) is 20.3 Å². The van der Waals surface area contributed by atoms with Crippen molar-refractivity contribution in [3.63, 3.8) is 0 Å². The molecule has 4 nitrogen and oxygen atoms in total. The number of carbonyl (C=O) groups is 1. The molecule has 0 spiro atoms. The smallest absolute Gasteiger partial charge is 0.237 e. The van der Waals surface area contributed by atoms with E-state index in [1.165, 1.54) is 25.8 Å². The van der Waals surface area contributed by atoms with Gasteiger partial charge in [0.15, 0.2) is 0 Å². The summed E-state index contributed by atoms with van der Waals surface area (Å²) in [7, 11) is 0. The number of piperidine rings is 1. The zero-order valence-electron chi connectivity index (χ0n) is 11.8. The van der Waals surface area contributed by atoms with E-state index in [1.54, 1.807) is 0 Å². The Balaban J connectivity index is 0.00000162. The summed E-state index contributed by atoms with van der Waals surface area (Å²) in [6, 6.07) is 0.521. The van der Waals surface area contributed by atoms with E-state index < -0.39 is 0 Å². The Hall–Kier alpha value is -0.0300. The number of nitrogens with one attached hydrogen (secondary N) is 1. The van der Waals surface area contributed by atoms with Crippen LogP contribution < -0.4 is 11.1 Å². The molecule has 2 aliphatic rings. The molecule has 3 atom stereocenters. The van der Waals surface area contributed by atoms with Crippen LogP contribution in [0.5, 0.6) is 0 Å². The van der Waals surface area contributed by atoms with Gasteiger partial charge >= 0.3 is 0 Å². The van der Waals surface area contributed by atoms with Crippen LogP contribution in [0.15, 0.2) is 0 Å². The van der Waals surface area contributed by atoms with E-state index in [0.29, 0.717) is 12.1 Å². The molecule has 114 valence electrons. The second-order valence-electron chi connectivity index (χ2n) is 5.77. The number of fused-ring (bicyclic) bond motifs is 1. The topological polar surface area (TPSA) is 58.4 Å². The molecule has 0 bridgehead atoms. The minimum absolute atomic E-state index is 0. The molecule has 2 unspecified atom stereocenters. The molecule has 3 N–H and O–H groups in total. The van der Waals surface area contributed by atoms with Crippen molar-refractivity contribution >= 4 is 30.7 Å². The van der Waals surface area contributed by atoms with Crippen LogP contribution in [-0.2, 0) is 4.79 Å². The summed E-state index contributed by atoms with van der Waals surface area (Å²) >= 11 is 0. The first kappa shape index (κ1) is 19.0. The fourth-order valence-electron chi connectivity index (χ4n) is 3.00. The third kappa shape index (κ3) is 4.48. The third-order valence-corrected chi connectivity index (χ3v) is 4.20. The summed E-state index contributed by atoms with van der Waals surface area (Å²) in [5.41, 5.74) is 5.88. The van der Waals surface area contributed by atoms with Crippen LogP contribution in [0.3, 0.4) is 0 Å². The van der Waals surface area contributed by atoms with E-state index >= 15 is 0 Å². The summed E-state index contributed by atoms with van der Waals surface area (Å²) < 4.78 is 0. The largest absolute Gasteiger partial charge is 0.350 e. The van der Waals surface area contributed by atoms with Crippen LogP contribution in [0.25, 0.3) is 0 Å². The molecule has 2 saturated heterocycles. The number of nitrogens with zero attached hydrogens (tertiary/aromatic N) is 1. The predicted molar refractivity (Wildman–Crippen MR) is 83.1 cm³/mol. The van der Waals surface area contributed by atoms with Crippen molar-refractivity contribution in [3.05, 3.63) is 0 Å². The van der Waals surface area contributed by atoms with Gasteiger partial charge in [-0.05, 0) is 31.7 Å². The summed E-state index contributed by atoms with van der Waals surface area (Å²) in [6.45, 7) is 6.32. The van der Waals surface area contributed by atoms with Crippen molar-refractivity contribution in [2.45, 2.75) is 57.7 Å². The molecule has 2 fully saturated rings. The Bertz CT molecular complexity index is 289. The fourth-order valence-corrected chi connectivity index (χ4v) is 3.00. The average Bonchev–Trinajstić information content (AvgIpc) is 2.71. The van der Waals surface area contributed by atoms with Gasteiger partial charge in [0, 0.05) is 18.6 Å². The molecule has 0 aromatic carbocycles. The first-order valence-corrected chi connectivity index (χ1v) is 6.89. The van der Waals surface area contributed by atoms with Crippen molar-refractivity contribution in [1.29, 1.82) is 0 Å². The molecule has 2 aliphatic heterocycles. The van der Waals surface area contributed by atoms with E-state index in [2.05, 4.69) is 10.2 Å². The SMILES string of the molecule is CC(C)[C@H](N)C(=O)NC1CCN2CCCCC12.Cl.Cl. The van der Waals surface area contributed by atoms with Gasteiger partial charge in [0.05, 0.1) is 6.04 Å². The summed E-state index contributed by atoms with van der Waals surface area (Å²) in [5.74, 6) is 0.233. The molecular weight excluding hydrogens is 285 g/mol. The van der Waals surface area contributed by atoms with Gasteiger partial charge in [-0.3, -0.25) is 9.69 Å². The summed E-state index contributed by atoms with van der Waals surface area (Å²) in [6.07, 6.45) is 4.91. The molecule has 0 aromatic rings. The third-order valence-electron chi connectivity index (χ3n) is 4.20. The molecule has 2 heterocycles. The van der Waals surface area contributed by atoms with Crippen LogP contribution in [-0.4, -0.2) is 42.0 Å². The van der Waals surface area contributed by atoms with Gasteiger partial charge in [-0.15, -0.1) is 24.8 Å². The van der Waals surface area contributed by atoms with Crippen molar-refractivity contribution in [2.75, 3.05) is 13.1 Å². The van der Waals surface area contributed by atoms with Gasteiger partial charge < -0.3 is 11.1 Å². The molecule has 1 amide bonds. The van der Waals surface area contributed by atoms with Crippen LogP contribution in [0.4, 0.5) is 0 Å². The van der Waals surface area contributed by atoms with E-state index in [0.717, 1.165) is 13.0 Å². The predicted octanol–water partition coefficient (Wildman–Crippen LogP) is 1.56. The highest BCUT2D eigenvalue weighted by Gasteiger charge is 2.36. The Morgan fingerprint density at radius 1 is 1.21 bits per heavy atom. The van der Waals surface area contributed by atoms with Crippen LogP contribution >= 0.6 is 24.8 Å². The lowest BCUT2D eigenvalue weighted by atomic mass is 9.98. The standard InChI is InChI=1S/C13H25N3O.2ClH/c1-9(2)12(14)13(17)15-10-6-8-16-7-4-3-5-11(10)16;;/h9-12H,3-8,14H2,1-2H3,(H,15,17);2*1H/t10?,11?,12-;;/m0../s1. The lowest BCUT2D eigenvalue weighted by molar-refractivity contribution is -0.124. The lowest BCUT2D eigenvalue weighted by Crippen LogP contribution is -2.52. The number of hydrogen-bond donors (Lipinski definition) is 2. The number of halogens is 2. The highest BCUT2D eigenvalue weighted by atomic mass is 35.5. The van der Waals surface area contributed by atoms with Crippen LogP contribution in [0.1, 0.15) is 39.5 Å². The Labute approximate surface area is 128 Å². The van der Waals surface area contributed by atoms with Crippen LogP contribution in [0, 0.1) is 5.92 Å². The molecule has 0 radical (unpaired) electrons. The molecule has 6 heteroatoms. The van der Waals surface area contributed by atoms with Crippen molar-refractivity contribution in [2.24, 2.45) is 11.7 Å². The van der Waals surface area contributed by atoms with E-state index in [4.69, 9.17) is 5.73 Å². The van der Waals surface area contributed by atoms with Crippen molar-refractivity contribution < 1.29 is 4.79 Å². The fraction of sp³-hybridized carbons (Fsp3) is 0.923. The first-order valence-electron chi connectivity index (χ1n) is 6.89. The summed E-state index contributed by atoms with van der Waals surface area (Å²) in [4.78, 5) is 14.5. The summed E-state index contributed by atoms with van der Waals surface area (Å²) in [5, 5.41) is 3.15. The number of hydrogen-bond acceptors (Lipinski definition) is 3. The van der Waals surface area contributed by atoms with E-state index in [1.807, 2.05) is 13.8 Å². The molecule has 0 aromatic heterocycles. The Morgan fingerprint density at radius 3 is 2.53 bits per heavy atom. The monoisotopic (exact) mass is 311 g/mol. The second kappa shape index (κ2) is 8.30. The van der Waals surface area contributed by atoms with Gasteiger partial charge in [0.25, 0.3) is 0 Å². The minimum Gasteiger partial charge on any atom is -0.350 e. The first-order chi connectivity index (χ1) is 8.09. The normalized spacial score (nSPS) is 28.0. The van der Waals surface area contributed by atoms with E-state index in [-0.39, 0.29) is 42.7 Å². The quantitative estimate of drug-likeness (QED) is 0.831. The highest BCUT2D eigenvalue weighted by Crippen LogP contribution is 2.27. The maximum Gasteiger partial charge on any atom is 0.237 e. The zero-order valence-corrected chi connectivity index (χ0v) is 13.4. The zero-order chi connectivity index (χ0) is 12.4. The van der Waals surface area contributed by atoms with Gasteiger partial charge in [-0.2, -0.15) is 0 Å². The number of nitrogens with two attached hydrogens (primary N) is 1. The van der Waals surface area contributed by atoms with Gasteiger partial charge in [-0.25, -0.2) is 0 Å². The van der Waals surface area contributed by atoms with Crippen molar-refractivity contribution in [3.8, 4) is 0 Å². The van der Waals surface area contributed by atoms with Gasteiger partial charge in [0.2, 0.25) is 5.91 Å². The Morgan fingerprint density at radius 2 is 1.89 bits per heavy atom. The molecule has 2 rings (SSSR count). The number of rotatable bonds is 3. The molecule has 0 saturated carbocycles. The number of carbonyl (C=O) groups excluding carboxylic acids is 1. The minimum atomic E-state index is -0.368. The van der Waals surface area contributed by atoms with Gasteiger partial charge in [0.1, 0.15) is 0 Å². The lowest BCUT2D eigenvalue weighted by Gasteiger charge is -2.33. The van der Waals surface area contributed by atoms with E-state index in [9.17, 15) is 4.79 Å². The molecule has 19 heavy (non-hydrogen) atoms. The highest BCUT2D eigenvalue weighted by molar-refractivity contribution is 5.85. The van der Waals surface area contributed by atoms with Crippen LogP contribution in [0.2, 0.25) is 0 Å². The molecule has 0 aliphatic carbocycles.